The van der Waals surface area contributed by atoms with Gasteiger partial charge in [-0.15, -0.1) is 0 Å². The van der Waals surface area contributed by atoms with Crippen molar-refractivity contribution in [3.05, 3.63) is 75.9 Å². The van der Waals surface area contributed by atoms with E-state index in [1.165, 1.54) is 46.3 Å². The molecule has 1 atom stereocenters. The number of rotatable bonds is 6. The number of anilines is 1. The summed E-state index contributed by atoms with van der Waals surface area (Å²) >= 11 is 0. The highest BCUT2D eigenvalue weighted by atomic mass is 14.9. The van der Waals surface area contributed by atoms with Crippen molar-refractivity contribution in [1.82, 2.24) is 0 Å². The molecule has 1 saturated carbocycles. The summed E-state index contributed by atoms with van der Waals surface area (Å²) in [6.07, 6.45) is 7.13. The Hall–Kier alpha value is -2.02. The molecule has 1 unspecified atom stereocenters. The van der Waals surface area contributed by atoms with Crippen LogP contribution in [-0.2, 0) is 12.8 Å². The molecule has 24 heavy (non-hydrogen) atoms. The summed E-state index contributed by atoms with van der Waals surface area (Å²) < 4.78 is 0. The molecule has 1 fully saturated rings. The van der Waals surface area contributed by atoms with E-state index in [0.29, 0.717) is 6.04 Å². The van der Waals surface area contributed by atoms with Crippen LogP contribution >= 0.6 is 0 Å². The van der Waals surface area contributed by atoms with Crippen molar-refractivity contribution in [2.24, 2.45) is 0 Å². The van der Waals surface area contributed by atoms with E-state index in [1.54, 1.807) is 5.57 Å². The first-order valence-electron chi connectivity index (χ1n) is 9.17. The van der Waals surface area contributed by atoms with E-state index in [1.807, 2.05) is 0 Å². The van der Waals surface area contributed by atoms with Gasteiger partial charge in [0, 0.05) is 11.7 Å². The highest BCUT2D eigenvalue weighted by molar-refractivity contribution is 5.56. The number of hydrogen-bond donors (Lipinski definition) is 1. The van der Waals surface area contributed by atoms with Crippen LogP contribution in [0.4, 0.5) is 5.69 Å². The summed E-state index contributed by atoms with van der Waals surface area (Å²) in [7, 11) is 0. The molecule has 0 spiro atoms. The zero-order valence-corrected chi connectivity index (χ0v) is 15.4. The smallest absolute Gasteiger partial charge is 0.0487 e. The van der Waals surface area contributed by atoms with E-state index in [4.69, 9.17) is 0 Å². The van der Waals surface area contributed by atoms with Crippen molar-refractivity contribution in [3.63, 3.8) is 0 Å². The fourth-order valence-electron chi connectivity index (χ4n) is 3.29. The molecule has 1 heteroatoms. The van der Waals surface area contributed by atoms with Crippen molar-refractivity contribution >= 4 is 5.69 Å². The molecule has 0 bridgehead atoms. The topological polar surface area (TPSA) is 12.0 Å². The zero-order valence-electron chi connectivity index (χ0n) is 15.4. The predicted octanol–water partition coefficient (Wildman–Crippen LogP) is 5.92. The Kier molecular flexibility index (Phi) is 5.08. The molecule has 0 amide bonds. The average Bonchev–Trinajstić information content (AvgIpc) is 3.36. The minimum absolute atomic E-state index is 0.372. The third-order valence-electron chi connectivity index (χ3n) is 4.96. The molecule has 2 aromatic rings. The van der Waals surface area contributed by atoms with Gasteiger partial charge in [0.1, 0.15) is 0 Å². The quantitative estimate of drug-likeness (QED) is 0.652. The molecule has 0 aliphatic heterocycles. The minimum atomic E-state index is 0.372. The number of benzene rings is 2. The lowest BCUT2D eigenvalue weighted by atomic mass is 9.99. The summed E-state index contributed by atoms with van der Waals surface area (Å²) in [6.45, 7) is 8.80. The predicted molar refractivity (Wildman–Crippen MR) is 105 cm³/mol. The van der Waals surface area contributed by atoms with Crippen LogP contribution in [0.1, 0.15) is 47.6 Å². The van der Waals surface area contributed by atoms with E-state index in [2.05, 4.69) is 75.5 Å². The maximum Gasteiger partial charge on any atom is 0.0487 e. The first kappa shape index (κ1) is 16.8. The second-order valence-corrected chi connectivity index (χ2v) is 7.21. The van der Waals surface area contributed by atoms with Crippen LogP contribution in [0.15, 0.2) is 48.0 Å². The average molecular weight is 319 g/mol. The van der Waals surface area contributed by atoms with Gasteiger partial charge in [-0.1, -0.05) is 54.5 Å². The van der Waals surface area contributed by atoms with Gasteiger partial charge in [0.15, 0.2) is 0 Å². The fourth-order valence-corrected chi connectivity index (χ4v) is 3.29. The Morgan fingerprint density at radius 1 is 1.00 bits per heavy atom. The van der Waals surface area contributed by atoms with Crippen molar-refractivity contribution < 1.29 is 0 Å². The van der Waals surface area contributed by atoms with Crippen molar-refractivity contribution in [2.45, 2.75) is 59.4 Å². The monoisotopic (exact) mass is 319 g/mol. The Labute approximate surface area is 146 Å². The Morgan fingerprint density at radius 3 is 2.33 bits per heavy atom. The number of allylic oxidation sites excluding steroid dienone is 1. The fraction of sp³-hybridized carbons (Fsp3) is 0.391. The van der Waals surface area contributed by atoms with Crippen LogP contribution in [0, 0.1) is 20.8 Å². The van der Waals surface area contributed by atoms with E-state index in [9.17, 15) is 0 Å². The van der Waals surface area contributed by atoms with Gasteiger partial charge in [-0.25, -0.2) is 0 Å². The molecule has 1 N–H and O–H groups in total. The maximum absolute atomic E-state index is 3.81. The Morgan fingerprint density at radius 2 is 1.71 bits per heavy atom. The second kappa shape index (κ2) is 7.25. The van der Waals surface area contributed by atoms with Gasteiger partial charge in [-0.05, 0) is 74.8 Å². The summed E-state index contributed by atoms with van der Waals surface area (Å²) in [5.74, 6) is 0. The first-order valence-corrected chi connectivity index (χ1v) is 9.17. The summed E-state index contributed by atoms with van der Waals surface area (Å²) in [5.41, 5.74) is 9.79. The zero-order chi connectivity index (χ0) is 17.1. The van der Waals surface area contributed by atoms with Gasteiger partial charge >= 0.3 is 0 Å². The van der Waals surface area contributed by atoms with Gasteiger partial charge in [-0.2, -0.15) is 0 Å². The maximum atomic E-state index is 3.81. The number of hydrogen-bond acceptors (Lipinski definition) is 1. The van der Waals surface area contributed by atoms with Gasteiger partial charge in [-0.3, -0.25) is 0 Å². The van der Waals surface area contributed by atoms with Gasteiger partial charge in [0.25, 0.3) is 0 Å². The van der Waals surface area contributed by atoms with Crippen LogP contribution in [0.3, 0.4) is 0 Å². The minimum Gasteiger partial charge on any atom is -0.378 e. The molecule has 1 nitrogen and oxygen atoms in total. The van der Waals surface area contributed by atoms with Crippen LogP contribution in [-0.4, -0.2) is 6.04 Å². The van der Waals surface area contributed by atoms with Crippen LogP contribution < -0.4 is 5.32 Å². The van der Waals surface area contributed by atoms with E-state index >= 15 is 0 Å². The second-order valence-electron chi connectivity index (χ2n) is 7.21. The molecule has 1 aliphatic carbocycles. The lowest BCUT2D eigenvalue weighted by Crippen LogP contribution is -2.20. The normalized spacial score (nSPS) is 14.4. The van der Waals surface area contributed by atoms with Crippen LogP contribution in [0.5, 0.6) is 0 Å². The molecule has 126 valence electrons. The lowest BCUT2D eigenvalue weighted by Gasteiger charge is -2.20. The SMILES string of the molecule is CCc1cc(NC(C=C2CC2)Cc2ccc(C)cc2)c(C)cc1C. The lowest BCUT2D eigenvalue weighted by molar-refractivity contribution is 0.858. The molecule has 3 rings (SSSR count). The number of nitrogens with one attached hydrogen (secondary N) is 1. The van der Waals surface area contributed by atoms with Crippen LogP contribution in [0.25, 0.3) is 0 Å². The third-order valence-corrected chi connectivity index (χ3v) is 4.96. The highest BCUT2D eigenvalue weighted by Gasteiger charge is 2.16. The highest BCUT2D eigenvalue weighted by Crippen LogP contribution is 2.30. The molecular formula is C23H29N. The van der Waals surface area contributed by atoms with Crippen molar-refractivity contribution in [1.29, 1.82) is 0 Å². The largest absolute Gasteiger partial charge is 0.378 e. The Balaban J connectivity index is 1.82. The Bertz CT molecular complexity index is 731. The molecule has 0 aromatic heterocycles. The van der Waals surface area contributed by atoms with Gasteiger partial charge in [0.2, 0.25) is 0 Å². The number of aryl methyl sites for hydroxylation is 4. The van der Waals surface area contributed by atoms with Crippen molar-refractivity contribution in [3.8, 4) is 0 Å². The van der Waals surface area contributed by atoms with Crippen LogP contribution in [0.2, 0.25) is 0 Å². The van der Waals surface area contributed by atoms with E-state index in [0.717, 1.165) is 12.8 Å². The van der Waals surface area contributed by atoms with Crippen molar-refractivity contribution in [2.75, 3.05) is 5.32 Å². The molecule has 0 saturated heterocycles. The summed E-state index contributed by atoms with van der Waals surface area (Å²) in [4.78, 5) is 0. The third kappa shape index (κ3) is 4.29. The summed E-state index contributed by atoms with van der Waals surface area (Å²) in [5, 5.41) is 3.81. The van der Waals surface area contributed by atoms with Gasteiger partial charge < -0.3 is 5.32 Å². The molecule has 1 aliphatic rings. The summed E-state index contributed by atoms with van der Waals surface area (Å²) in [6, 6.07) is 14.0. The standard InChI is InChI=1S/C23H29N/c1-5-21-15-23(18(4)12-17(21)3)24-22(14-20-10-11-20)13-19-8-6-16(2)7-9-19/h6-9,12,14-15,22,24H,5,10-11,13H2,1-4H3. The molecule has 0 heterocycles. The molecule has 0 radical (unpaired) electrons. The van der Waals surface area contributed by atoms with Gasteiger partial charge in [0.05, 0.1) is 0 Å². The molecule has 2 aromatic carbocycles. The van der Waals surface area contributed by atoms with E-state index < -0.39 is 0 Å². The van der Waals surface area contributed by atoms with E-state index in [-0.39, 0.29) is 0 Å². The first-order chi connectivity index (χ1) is 11.5. The molecular weight excluding hydrogens is 290 g/mol.